The minimum absolute atomic E-state index is 0.477. The summed E-state index contributed by atoms with van der Waals surface area (Å²) in [7, 11) is 0. The Hall–Kier alpha value is -2.87. The number of nitrogens with one attached hydrogen (secondary N) is 2. The van der Waals surface area contributed by atoms with Crippen LogP contribution < -0.4 is 15.5 Å². The summed E-state index contributed by atoms with van der Waals surface area (Å²) in [4.78, 5) is 23.1. The number of carbonyl (C=O) groups is 1. The van der Waals surface area contributed by atoms with Crippen LogP contribution in [0.4, 0.5) is 27.9 Å². The Balaban J connectivity index is 1.65. The molecule has 0 bridgehead atoms. The molecule has 8 nitrogen and oxygen atoms in total. The third kappa shape index (κ3) is 5.82. The molecule has 1 fully saturated rings. The van der Waals surface area contributed by atoms with E-state index in [1.165, 1.54) is 0 Å². The number of amides is 1. The van der Waals surface area contributed by atoms with Crippen molar-refractivity contribution in [1.82, 2.24) is 9.97 Å². The summed E-state index contributed by atoms with van der Waals surface area (Å²) in [5, 5.41) is 6.01. The zero-order valence-electron chi connectivity index (χ0n) is 16.8. The van der Waals surface area contributed by atoms with Crippen molar-refractivity contribution in [3.8, 4) is 0 Å². The highest BCUT2D eigenvalue weighted by Crippen LogP contribution is 2.21. The molecule has 150 valence electrons. The second kappa shape index (κ2) is 8.43. The Labute approximate surface area is 165 Å². The van der Waals surface area contributed by atoms with E-state index in [4.69, 9.17) is 9.47 Å². The van der Waals surface area contributed by atoms with Crippen molar-refractivity contribution in [2.24, 2.45) is 0 Å². The number of ether oxygens (including phenoxy) is 2. The predicted molar refractivity (Wildman–Crippen MR) is 109 cm³/mol. The molecule has 0 spiro atoms. The van der Waals surface area contributed by atoms with Crippen LogP contribution in [-0.2, 0) is 9.47 Å². The van der Waals surface area contributed by atoms with Crippen LogP contribution in [0.5, 0.6) is 0 Å². The van der Waals surface area contributed by atoms with Crippen LogP contribution >= 0.6 is 0 Å². The van der Waals surface area contributed by atoms with Crippen LogP contribution in [0.3, 0.4) is 0 Å². The smallest absolute Gasteiger partial charge is 0.412 e. The Morgan fingerprint density at radius 2 is 1.75 bits per heavy atom. The fourth-order valence-corrected chi connectivity index (χ4v) is 2.73. The summed E-state index contributed by atoms with van der Waals surface area (Å²) in [6.07, 6.45) is -0.477. The number of hydrogen-bond acceptors (Lipinski definition) is 7. The van der Waals surface area contributed by atoms with Gasteiger partial charge >= 0.3 is 6.09 Å². The Morgan fingerprint density at radius 3 is 2.39 bits per heavy atom. The first kappa shape index (κ1) is 19.9. The van der Waals surface area contributed by atoms with E-state index >= 15 is 0 Å². The lowest BCUT2D eigenvalue weighted by Gasteiger charge is -2.27. The van der Waals surface area contributed by atoms with Crippen molar-refractivity contribution in [3.63, 3.8) is 0 Å². The molecule has 28 heavy (non-hydrogen) atoms. The standard InChI is InChI=1S/C20H27N5O3/c1-14-13-17(24-18(21-14)25-9-11-27-12-10-25)22-15-5-7-16(8-6-15)23-19(26)28-20(2,3)4/h5-8,13H,9-12H2,1-4H3,(H,23,26)(H,21,22,24). The Morgan fingerprint density at radius 1 is 1.11 bits per heavy atom. The fraction of sp³-hybridized carbons (Fsp3) is 0.450. The first-order valence-corrected chi connectivity index (χ1v) is 9.34. The average molecular weight is 385 g/mol. The van der Waals surface area contributed by atoms with E-state index in [2.05, 4.69) is 25.5 Å². The molecular weight excluding hydrogens is 358 g/mol. The number of morpholine rings is 1. The number of rotatable bonds is 4. The summed E-state index contributed by atoms with van der Waals surface area (Å²) < 4.78 is 10.6. The van der Waals surface area contributed by atoms with Gasteiger partial charge in [-0.05, 0) is 52.0 Å². The SMILES string of the molecule is Cc1cc(Nc2ccc(NC(=O)OC(C)(C)C)cc2)nc(N2CCOCC2)n1. The molecule has 1 aromatic heterocycles. The highest BCUT2D eigenvalue weighted by Gasteiger charge is 2.17. The number of aromatic nitrogens is 2. The van der Waals surface area contributed by atoms with Crippen LogP contribution in [0.1, 0.15) is 26.5 Å². The number of anilines is 4. The van der Waals surface area contributed by atoms with Gasteiger partial charge in [0.1, 0.15) is 11.4 Å². The van der Waals surface area contributed by atoms with E-state index < -0.39 is 11.7 Å². The summed E-state index contributed by atoms with van der Waals surface area (Å²) in [6, 6.07) is 9.26. The second-order valence-corrected chi connectivity index (χ2v) is 7.62. The predicted octanol–water partition coefficient (Wildman–Crippen LogP) is 3.71. The van der Waals surface area contributed by atoms with Crippen molar-refractivity contribution in [3.05, 3.63) is 36.0 Å². The van der Waals surface area contributed by atoms with Gasteiger partial charge in [0.05, 0.1) is 13.2 Å². The summed E-state index contributed by atoms with van der Waals surface area (Å²) >= 11 is 0. The summed E-state index contributed by atoms with van der Waals surface area (Å²) in [6.45, 7) is 10.4. The van der Waals surface area contributed by atoms with Gasteiger partial charge in [0.2, 0.25) is 5.95 Å². The summed E-state index contributed by atoms with van der Waals surface area (Å²) in [5.41, 5.74) is 1.88. The zero-order valence-corrected chi connectivity index (χ0v) is 16.8. The molecule has 3 rings (SSSR count). The van der Waals surface area contributed by atoms with Crippen LogP contribution in [0.15, 0.2) is 30.3 Å². The molecule has 1 aliphatic rings. The van der Waals surface area contributed by atoms with Crippen LogP contribution in [0.2, 0.25) is 0 Å². The molecule has 1 aromatic carbocycles. The average Bonchev–Trinajstić information content (AvgIpc) is 2.62. The topological polar surface area (TPSA) is 88.6 Å². The number of benzene rings is 1. The first-order valence-electron chi connectivity index (χ1n) is 9.34. The molecule has 1 amide bonds. The molecule has 8 heteroatoms. The molecule has 1 aliphatic heterocycles. The number of nitrogens with zero attached hydrogens (tertiary/aromatic N) is 3. The maximum absolute atomic E-state index is 11.8. The van der Waals surface area contributed by atoms with Gasteiger partial charge in [-0.25, -0.2) is 9.78 Å². The minimum atomic E-state index is -0.533. The Bertz CT molecular complexity index is 812. The van der Waals surface area contributed by atoms with Crippen molar-refractivity contribution in [1.29, 1.82) is 0 Å². The van der Waals surface area contributed by atoms with E-state index in [0.29, 0.717) is 24.8 Å². The molecule has 1 saturated heterocycles. The van der Waals surface area contributed by atoms with Gasteiger partial charge in [0.25, 0.3) is 0 Å². The largest absolute Gasteiger partial charge is 0.444 e. The number of carbonyl (C=O) groups excluding carboxylic acids is 1. The molecule has 2 N–H and O–H groups in total. The lowest BCUT2D eigenvalue weighted by atomic mass is 10.2. The van der Waals surface area contributed by atoms with Crippen LogP contribution in [0, 0.1) is 6.92 Å². The highest BCUT2D eigenvalue weighted by atomic mass is 16.6. The molecule has 0 unspecified atom stereocenters. The third-order valence-electron chi connectivity index (χ3n) is 3.94. The first-order chi connectivity index (χ1) is 13.3. The lowest BCUT2D eigenvalue weighted by molar-refractivity contribution is 0.0636. The van der Waals surface area contributed by atoms with E-state index in [1.54, 1.807) is 0 Å². The van der Waals surface area contributed by atoms with E-state index in [-0.39, 0.29) is 0 Å². The quantitative estimate of drug-likeness (QED) is 0.829. The van der Waals surface area contributed by atoms with Crippen LogP contribution in [0.25, 0.3) is 0 Å². The molecule has 2 heterocycles. The highest BCUT2D eigenvalue weighted by molar-refractivity contribution is 5.85. The third-order valence-corrected chi connectivity index (χ3v) is 3.94. The zero-order chi connectivity index (χ0) is 20.1. The molecule has 0 saturated carbocycles. The lowest BCUT2D eigenvalue weighted by Crippen LogP contribution is -2.37. The van der Waals surface area contributed by atoms with Crippen molar-refractivity contribution in [2.75, 3.05) is 41.8 Å². The van der Waals surface area contributed by atoms with E-state index in [0.717, 1.165) is 30.3 Å². The number of hydrogen-bond donors (Lipinski definition) is 2. The number of aryl methyl sites for hydroxylation is 1. The van der Waals surface area contributed by atoms with Gasteiger partial charge in [0.15, 0.2) is 0 Å². The normalized spacial score (nSPS) is 14.5. The maximum Gasteiger partial charge on any atom is 0.412 e. The molecule has 0 radical (unpaired) electrons. The maximum atomic E-state index is 11.8. The molecule has 0 aliphatic carbocycles. The molecule has 2 aromatic rings. The van der Waals surface area contributed by atoms with Gasteiger partial charge in [-0.1, -0.05) is 0 Å². The summed E-state index contributed by atoms with van der Waals surface area (Å²) in [5.74, 6) is 1.43. The fourth-order valence-electron chi connectivity index (χ4n) is 2.73. The molecular formula is C20H27N5O3. The van der Waals surface area contributed by atoms with Crippen molar-refractivity contribution in [2.45, 2.75) is 33.3 Å². The van der Waals surface area contributed by atoms with Gasteiger partial charge < -0.3 is 19.7 Å². The van der Waals surface area contributed by atoms with Crippen molar-refractivity contribution < 1.29 is 14.3 Å². The van der Waals surface area contributed by atoms with Crippen LogP contribution in [-0.4, -0.2) is 48.0 Å². The molecule has 0 atom stereocenters. The monoisotopic (exact) mass is 385 g/mol. The second-order valence-electron chi connectivity index (χ2n) is 7.62. The van der Waals surface area contributed by atoms with E-state index in [9.17, 15) is 4.79 Å². The Kier molecular flexibility index (Phi) is 5.99. The minimum Gasteiger partial charge on any atom is -0.444 e. The van der Waals surface area contributed by atoms with Gasteiger partial charge in [-0.3, -0.25) is 5.32 Å². The van der Waals surface area contributed by atoms with Crippen molar-refractivity contribution >= 4 is 29.2 Å². The van der Waals surface area contributed by atoms with Gasteiger partial charge in [-0.2, -0.15) is 4.98 Å². The van der Waals surface area contributed by atoms with E-state index in [1.807, 2.05) is 58.0 Å². The van der Waals surface area contributed by atoms with Gasteiger partial charge in [-0.15, -0.1) is 0 Å². The van der Waals surface area contributed by atoms with Gasteiger partial charge in [0, 0.05) is 36.2 Å².